The fraction of sp³-hybridized carbons (Fsp3) is 0.667. The van der Waals surface area contributed by atoms with Gasteiger partial charge >= 0.3 is 0 Å². The van der Waals surface area contributed by atoms with E-state index in [0.717, 1.165) is 19.5 Å². The van der Waals surface area contributed by atoms with Gasteiger partial charge in [-0.1, -0.05) is 12.8 Å². The average Bonchev–Trinajstić information content (AvgIpc) is 2.68. The van der Waals surface area contributed by atoms with Gasteiger partial charge in [-0.25, -0.2) is 4.98 Å². The van der Waals surface area contributed by atoms with Crippen molar-refractivity contribution in [2.75, 3.05) is 18.0 Å². The zero-order chi connectivity index (χ0) is 12.4. The zero-order valence-electron chi connectivity index (χ0n) is 11.1. The first-order valence-corrected chi connectivity index (χ1v) is 7.35. The van der Waals surface area contributed by atoms with Gasteiger partial charge in [-0.3, -0.25) is 0 Å². The van der Waals surface area contributed by atoms with Crippen LogP contribution in [-0.2, 0) is 19.4 Å². The number of rotatable bonds is 2. The van der Waals surface area contributed by atoms with Crippen LogP contribution in [0.2, 0.25) is 0 Å². The van der Waals surface area contributed by atoms with Crippen LogP contribution in [0.25, 0.3) is 0 Å². The second-order valence-electron chi connectivity index (χ2n) is 5.54. The molecule has 0 atom stereocenters. The van der Waals surface area contributed by atoms with Crippen LogP contribution in [0.3, 0.4) is 0 Å². The molecule has 0 saturated carbocycles. The summed E-state index contributed by atoms with van der Waals surface area (Å²) in [6.45, 7) is 2.92. The van der Waals surface area contributed by atoms with Gasteiger partial charge in [-0.05, 0) is 43.7 Å². The van der Waals surface area contributed by atoms with E-state index in [1.807, 2.05) is 0 Å². The molecular weight excluding hydrogens is 222 g/mol. The van der Waals surface area contributed by atoms with Gasteiger partial charge in [0.05, 0.1) is 0 Å². The number of nitrogens with two attached hydrogens (primary N) is 1. The second-order valence-corrected chi connectivity index (χ2v) is 5.54. The van der Waals surface area contributed by atoms with E-state index in [2.05, 4.69) is 11.0 Å². The Morgan fingerprint density at radius 1 is 1.06 bits per heavy atom. The molecule has 3 rings (SSSR count). The van der Waals surface area contributed by atoms with Crippen molar-refractivity contribution in [3.63, 3.8) is 0 Å². The number of nitrogens with zero attached hydrogens (tertiary/aromatic N) is 2. The lowest BCUT2D eigenvalue weighted by atomic mass is 10.1. The Morgan fingerprint density at radius 2 is 1.83 bits per heavy atom. The van der Waals surface area contributed by atoms with Crippen LogP contribution in [0.15, 0.2) is 6.07 Å². The standard InChI is InChI=1S/C15H23N3/c16-11-13-10-12-6-5-7-14(12)17-15(13)18-8-3-1-2-4-9-18/h10H,1-9,11,16H2. The molecule has 1 aliphatic heterocycles. The molecule has 2 heterocycles. The average molecular weight is 245 g/mol. The molecule has 0 bridgehead atoms. The first kappa shape index (κ1) is 12.0. The van der Waals surface area contributed by atoms with Gasteiger partial charge in [0.25, 0.3) is 0 Å². The van der Waals surface area contributed by atoms with Crippen molar-refractivity contribution < 1.29 is 0 Å². The Kier molecular flexibility index (Phi) is 3.50. The number of aryl methyl sites for hydroxylation is 2. The molecule has 1 aromatic heterocycles. The lowest BCUT2D eigenvalue weighted by Gasteiger charge is -2.24. The lowest BCUT2D eigenvalue weighted by molar-refractivity contribution is 0.726. The van der Waals surface area contributed by atoms with Gasteiger partial charge in [0, 0.05) is 30.9 Å². The summed E-state index contributed by atoms with van der Waals surface area (Å²) in [5.74, 6) is 1.18. The van der Waals surface area contributed by atoms with Crippen LogP contribution < -0.4 is 10.6 Å². The number of anilines is 1. The first-order valence-electron chi connectivity index (χ1n) is 7.35. The Hall–Kier alpha value is -1.09. The van der Waals surface area contributed by atoms with Crippen molar-refractivity contribution in [3.05, 3.63) is 22.9 Å². The van der Waals surface area contributed by atoms with E-state index in [-0.39, 0.29) is 0 Å². The van der Waals surface area contributed by atoms with Crippen LogP contribution in [0.5, 0.6) is 0 Å². The first-order chi connectivity index (χ1) is 8.88. The maximum Gasteiger partial charge on any atom is 0.133 e. The van der Waals surface area contributed by atoms with Crippen LogP contribution in [0.4, 0.5) is 5.82 Å². The van der Waals surface area contributed by atoms with Crippen molar-refractivity contribution in [1.29, 1.82) is 0 Å². The highest BCUT2D eigenvalue weighted by Gasteiger charge is 2.19. The Bertz CT molecular complexity index is 420. The molecule has 2 N–H and O–H groups in total. The molecular formula is C15H23N3. The van der Waals surface area contributed by atoms with Crippen LogP contribution in [0, 0.1) is 0 Å². The summed E-state index contributed by atoms with van der Waals surface area (Å²) in [5.41, 5.74) is 9.94. The summed E-state index contributed by atoms with van der Waals surface area (Å²) in [4.78, 5) is 7.40. The quantitative estimate of drug-likeness (QED) is 0.870. The Morgan fingerprint density at radius 3 is 2.56 bits per heavy atom. The van der Waals surface area contributed by atoms with E-state index >= 15 is 0 Å². The van der Waals surface area contributed by atoms with E-state index in [1.54, 1.807) is 0 Å². The lowest BCUT2D eigenvalue weighted by Crippen LogP contribution is -2.27. The predicted molar refractivity (Wildman–Crippen MR) is 74.8 cm³/mol. The smallest absolute Gasteiger partial charge is 0.133 e. The molecule has 0 amide bonds. The maximum atomic E-state index is 5.92. The summed E-state index contributed by atoms with van der Waals surface area (Å²) in [7, 11) is 0. The topological polar surface area (TPSA) is 42.1 Å². The van der Waals surface area contributed by atoms with Crippen LogP contribution in [-0.4, -0.2) is 18.1 Å². The molecule has 3 heteroatoms. The number of hydrogen-bond donors (Lipinski definition) is 1. The predicted octanol–water partition coefficient (Wildman–Crippen LogP) is 2.41. The summed E-state index contributed by atoms with van der Waals surface area (Å²) in [6, 6.07) is 2.32. The summed E-state index contributed by atoms with van der Waals surface area (Å²) < 4.78 is 0. The minimum Gasteiger partial charge on any atom is -0.356 e. The Balaban J connectivity index is 1.93. The molecule has 1 fully saturated rings. The molecule has 98 valence electrons. The van der Waals surface area contributed by atoms with Crippen molar-refractivity contribution >= 4 is 5.82 Å². The molecule has 0 aromatic carbocycles. The van der Waals surface area contributed by atoms with Crippen molar-refractivity contribution in [3.8, 4) is 0 Å². The molecule has 3 nitrogen and oxygen atoms in total. The third kappa shape index (κ3) is 2.24. The van der Waals surface area contributed by atoms with E-state index in [4.69, 9.17) is 10.7 Å². The fourth-order valence-corrected chi connectivity index (χ4v) is 3.22. The summed E-state index contributed by atoms with van der Waals surface area (Å²) in [5, 5.41) is 0. The number of hydrogen-bond acceptors (Lipinski definition) is 3. The van der Waals surface area contributed by atoms with E-state index in [0.29, 0.717) is 6.54 Å². The zero-order valence-corrected chi connectivity index (χ0v) is 11.1. The largest absolute Gasteiger partial charge is 0.356 e. The van der Waals surface area contributed by atoms with Crippen molar-refractivity contribution in [2.45, 2.75) is 51.5 Å². The summed E-state index contributed by atoms with van der Waals surface area (Å²) >= 11 is 0. The number of fused-ring (bicyclic) bond motifs is 1. The second kappa shape index (κ2) is 5.27. The molecule has 0 spiro atoms. The minimum atomic E-state index is 0.617. The van der Waals surface area contributed by atoms with Gasteiger partial charge in [0.1, 0.15) is 5.82 Å². The van der Waals surface area contributed by atoms with Gasteiger partial charge < -0.3 is 10.6 Å². The Labute approximate surface area is 109 Å². The molecule has 0 radical (unpaired) electrons. The third-order valence-corrected chi connectivity index (χ3v) is 4.23. The highest BCUT2D eigenvalue weighted by molar-refractivity contribution is 5.51. The molecule has 1 aromatic rings. The normalized spacial score (nSPS) is 19.7. The number of aromatic nitrogens is 1. The highest BCUT2D eigenvalue weighted by atomic mass is 15.2. The van der Waals surface area contributed by atoms with E-state index < -0.39 is 0 Å². The van der Waals surface area contributed by atoms with Gasteiger partial charge in [0.2, 0.25) is 0 Å². The molecule has 1 aliphatic carbocycles. The van der Waals surface area contributed by atoms with E-state index in [1.165, 1.54) is 61.2 Å². The summed E-state index contributed by atoms with van der Waals surface area (Å²) in [6.07, 6.45) is 8.91. The van der Waals surface area contributed by atoms with Gasteiger partial charge in [-0.15, -0.1) is 0 Å². The molecule has 1 saturated heterocycles. The maximum absolute atomic E-state index is 5.92. The van der Waals surface area contributed by atoms with Gasteiger partial charge in [-0.2, -0.15) is 0 Å². The monoisotopic (exact) mass is 245 g/mol. The SMILES string of the molecule is NCc1cc2c(nc1N1CCCCCC1)CCC2. The fourth-order valence-electron chi connectivity index (χ4n) is 3.22. The van der Waals surface area contributed by atoms with Gasteiger partial charge in [0.15, 0.2) is 0 Å². The van der Waals surface area contributed by atoms with Crippen LogP contribution in [0.1, 0.15) is 48.9 Å². The molecule has 2 aliphatic rings. The van der Waals surface area contributed by atoms with Crippen LogP contribution >= 0.6 is 0 Å². The minimum absolute atomic E-state index is 0.617. The molecule has 0 unspecified atom stereocenters. The van der Waals surface area contributed by atoms with E-state index in [9.17, 15) is 0 Å². The van der Waals surface area contributed by atoms with Crippen molar-refractivity contribution in [2.24, 2.45) is 5.73 Å². The van der Waals surface area contributed by atoms with Crippen molar-refractivity contribution in [1.82, 2.24) is 4.98 Å². The number of pyridine rings is 1. The molecule has 18 heavy (non-hydrogen) atoms. The highest BCUT2D eigenvalue weighted by Crippen LogP contribution is 2.28. The third-order valence-electron chi connectivity index (χ3n) is 4.23.